The Balaban J connectivity index is 2.51. The molecule has 0 fully saturated rings. The Morgan fingerprint density at radius 3 is 2.82 bits per heavy atom. The van der Waals surface area contributed by atoms with Crippen LogP contribution in [0.4, 0.5) is 5.82 Å². The molecule has 84 valence electrons. The number of furan rings is 1. The van der Waals surface area contributed by atoms with Crippen molar-refractivity contribution in [3.05, 3.63) is 35.9 Å². The molecular weight excluding hydrogens is 218 g/mol. The number of nitrogens with two attached hydrogens (primary N) is 2. The number of carbonyl (C=O) groups excluding carboxylic acids is 1. The van der Waals surface area contributed by atoms with Crippen LogP contribution in [0.15, 0.2) is 34.7 Å². The van der Waals surface area contributed by atoms with Gasteiger partial charge in [-0.2, -0.15) is 0 Å². The highest BCUT2D eigenvalue weighted by atomic mass is 16.3. The Morgan fingerprint density at radius 2 is 2.06 bits per heavy atom. The van der Waals surface area contributed by atoms with E-state index in [2.05, 4.69) is 4.98 Å². The molecule has 0 spiro atoms. The third-order valence-corrected chi connectivity index (χ3v) is 2.63. The molecule has 0 bridgehead atoms. The molecule has 1 amide bonds. The number of nitrogen functional groups attached to an aromatic ring is 1. The van der Waals surface area contributed by atoms with Crippen LogP contribution in [-0.2, 0) is 0 Å². The zero-order chi connectivity index (χ0) is 12.0. The highest BCUT2D eigenvalue weighted by Gasteiger charge is 2.14. The third kappa shape index (κ3) is 1.32. The predicted molar refractivity (Wildman–Crippen MR) is 64.4 cm³/mol. The molecule has 3 aromatic rings. The van der Waals surface area contributed by atoms with Gasteiger partial charge in [0.15, 0.2) is 5.58 Å². The summed E-state index contributed by atoms with van der Waals surface area (Å²) in [5.74, 6) is -0.118. The lowest BCUT2D eigenvalue weighted by atomic mass is 10.1. The topological polar surface area (TPSA) is 95.1 Å². The van der Waals surface area contributed by atoms with Crippen molar-refractivity contribution in [2.24, 2.45) is 5.73 Å². The minimum absolute atomic E-state index is 0.346. The van der Waals surface area contributed by atoms with Gasteiger partial charge in [0.05, 0.1) is 5.56 Å². The van der Waals surface area contributed by atoms with Crippen LogP contribution in [0.25, 0.3) is 22.1 Å². The number of amides is 1. The summed E-state index contributed by atoms with van der Waals surface area (Å²) < 4.78 is 5.58. The highest BCUT2D eigenvalue weighted by Crippen LogP contribution is 2.29. The van der Waals surface area contributed by atoms with E-state index < -0.39 is 5.91 Å². The van der Waals surface area contributed by atoms with Gasteiger partial charge in [0, 0.05) is 5.39 Å². The summed E-state index contributed by atoms with van der Waals surface area (Å²) in [6.45, 7) is 0. The van der Waals surface area contributed by atoms with Gasteiger partial charge in [-0.1, -0.05) is 6.07 Å². The van der Waals surface area contributed by atoms with E-state index in [0.717, 1.165) is 5.39 Å². The van der Waals surface area contributed by atoms with Gasteiger partial charge in [-0.3, -0.25) is 4.79 Å². The Morgan fingerprint density at radius 1 is 1.24 bits per heavy atom. The smallest absolute Gasteiger partial charge is 0.252 e. The highest BCUT2D eigenvalue weighted by molar-refractivity contribution is 6.11. The van der Waals surface area contributed by atoms with Crippen LogP contribution in [0.5, 0.6) is 0 Å². The van der Waals surface area contributed by atoms with Crippen LogP contribution in [0, 0.1) is 0 Å². The average Bonchev–Trinajstić information content (AvgIpc) is 2.66. The van der Waals surface area contributed by atoms with Crippen molar-refractivity contribution in [3.63, 3.8) is 0 Å². The minimum atomic E-state index is -0.525. The van der Waals surface area contributed by atoms with Crippen molar-refractivity contribution in [1.29, 1.82) is 0 Å². The molecule has 3 rings (SSSR count). The minimum Gasteiger partial charge on any atom is -0.454 e. The van der Waals surface area contributed by atoms with E-state index in [-0.39, 0.29) is 0 Å². The van der Waals surface area contributed by atoms with Crippen LogP contribution >= 0.6 is 0 Å². The Hall–Kier alpha value is -2.56. The predicted octanol–water partition coefficient (Wildman–Crippen LogP) is 1.66. The Labute approximate surface area is 96.0 Å². The third-order valence-electron chi connectivity index (χ3n) is 2.63. The number of nitrogens with zero attached hydrogens (tertiary/aromatic N) is 1. The maximum Gasteiger partial charge on any atom is 0.252 e. The number of rotatable bonds is 1. The summed E-state index contributed by atoms with van der Waals surface area (Å²) in [6, 6.07) is 8.55. The fourth-order valence-electron chi connectivity index (χ4n) is 1.87. The van der Waals surface area contributed by atoms with Gasteiger partial charge in [-0.15, -0.1) is 0 Å². The Bertz CT molecular complexity index is 746. The quantitative estimate of drug-likeness (QED) is 0.660. The first kappa shape index (κ1) is 9.65. The molecule has 0 saturated carbocycles. The standard InChI is InChI=1S/C12H9N3O2/c13-9-5-4-8-10(15-9)6-2-1-3-7(12(14)16)11(6)17-8/h1-5H,(H2,13,15)(H2,14,16). The van der Waals surface area contributed by atoms with Crippen LogP contribution in [0.3, 0.4) is 0 Å². The number of benzene rings is 1. The molecule has 4 N–H and O–H groups in total. The van der Waals surface area contributed by atoms with Crippen LogP contribution < -0.4 is 11.5 Å². The van der Waals surface area contributed by atoms with Gasteiger partial charge in [-0.25, -0.2) is 4.98 Å². The first-order valence-electron chi connectivity index (χ1n) is 5.04. The molecule has 1 aromatic carbocycles. The van der Waals surface area contributed by atoms with Gasteiger partial charge in [0.1, 0.15) is 16.9 Å². The summed E-state index contributed by atoms with van der Waals surface area (Å²) in [5, 5.41) is 0.739. The monoisotopic (exact) mass is 227 g/mol. The second-order valence-corrected chi connectivity index (χ2v) is 3.73. The van der Waals surface area contributed by atoms with Crippen LogP contribution in [0.1, 0.15) is 10.4 Å². The van der Waals surface area contributed by atoms with Crippen LogP contribution in [-0.4, -0.2) is 10.9 Å². The number of hydrogen-bond donors (Lipinski definition) is 2. The van der Waals surface area contributed by atoms with Crippen molar-refractivity contribution >= 4 is 33.8 Å². The van der Waals surface area contributed by atoms with E-state index in [1.54, 1.807) is 24.3 Å². The number of primary amides is 1. The van der Waals surface area contributed by atoms with Crippen LogP contribution in [0.2, 0.25) is 0 Å². The average molecular weight is 227 g/mol. The van der Waals surface area contributed by atoms with E-state index in [1.165, 1.54) is 0 Å². The van der Waals surface area contributed by atoms with E-state index in [4.69, 9.17) is 15.9 Å². The fraction of sp³-hybridized carbons (Fsp3) is 0. The summed E-state index contributed by atoms with van der Waals surface area (Å²) in [7, 11) is 0. The lowest BCUT2D eigenvalue weighted by Gasteiger charge is -1.95. The molecule has 0 unspecified atom stereocenters. The molecule has 2 heterocycles. The van der Waals surface area contributed by atoms with Crippen molar-refractivity contribution in [3.8, 4) is 0 Å². The molecule has 2 aromatic heterocycles. The van der Waals surface area contributed by atoms with Gasteiger partial charge in [0.2, 0.25) is 0 Å². The zero-order valence-electron chi connectivity index (χ0n) is 8.81. The van der Waals surface area contributed by atoms with E-state index in [9.17, 15) is 4.79 Å². The second-order valence-electron chi connectivity index (χ2n) is 3.73. The number of pyridine rings is 1. The lowest BCUT2D eigenvalue weighted by Crippen LogP contribution is -2.10. The molecule has 0 aliphatic carbocycles. The number of aromatic nitrogens is 1. The van der Waals surface area contributed by atoms with Crippen molar-refractivity contribution in [1.82, 2.24) is 4.98 Å². The number of fused-ring (bicyclic) bond motifs is 3. The molecule has 0 atom stereocenters. The van der Waals surface area contributed by atoms with Gasteiger partial charge >= 0.3 is 0 Å². The zero-order valence-corrected chi connectivity index (χ0v) is 8.81. The van der Waals surface area contributed by atoms with E-state index in [0.29, 0.717) is 28.1 Å². The molecule has 5 nitrogen and oxygen atoms in total. The van der Waals surface area contributed by atoms with E-state index >= 15 is 0 Å². The number of para-hydroxylation sites is 1. The first-order valence-corrected chi connectivity index (χ1v) is 5.04. The normalized spacial score (nSPS) is 11.1. The first-order chi connectivity index (χ1) is 8.16. The molecule has 0 aliphatic heterocycles. The summed E-state index contributed by atoms with van der Waals surface area (Å²) >= 11 is 0. The maximum absolute atomic E-state index is 11.3. The van der Waals surface area contributed by atoms with Crippen molar-refractivity contribution in [2.45, 2.75) is 0 Å². The van der Waals surface area contributed by atoms with Gasteiger partial charge in [0.25, 0.3) is 5.91 Å². The summed E-state index contributed by atoms with van der Waals surface area (Å²) in [4.78, 5) is 15.5. The number of carbonyl (C=O) groups is 1. The summed E-state index contributed by atoms with van der Waals surface area (Å²) in [5.41, 5.74) is 12.9. The summed E-state index contributed by atoms with van der Waals surface area (Å²) in [6.07, 6.45) is 0. The molecule has 0 radical (unpaired) electrons. The molecule has 0 aliphatic rings. The second kappa shape index (κ2) is 3.21. The maximum atomic E-state index is 11.3. The molecule has 17 heavy (non-hydrogen) atoms. The van der Waals surface area contributed by atoms with Crippen molar-refractivity contribution in [2.75, 3.05) is 5.73 Å². The van der Waals surface area contributed by atoms with E-state index in [1.807, 2.05) is 6.07 Å². The molecule has 5 heteroatoms. The molecule has 0 saturated heterocycles. The Kier molecular flexibility index (Phi) is 1.82. The number of anilines is 1. The number of hydrogen-bond acceptors (Lipinski definition) is 4. The molecular formula is C12H9N3O2. The fourth-order valence-corrected chi connectivity index (χ4v) is 1.87. The SMILES string of the molecule is NC(=O)c1cccc2c1oc1ccc(N)nc12. The lowest BCUT2D eigenvalue weighted by molar-refractivity contribution is 0.100. The van der Waals surface area contributed by atoms with Gasteiger partial charge in [-0.05, 0) is 24.3 Å². The largest absolute Gasteiger partial charge is 0.454 e. The van der Waals surface area contributed by atoms with Crippen molar-refractivity contribution < 1.29 is 9.21 Å². The van der Waals surface area contributed by atoms with Gasteiger partial charge < -0.3 is 15.9 Å².